The molecule has 0 saturated carbocycles. The predicted molar refractivity (Wildman–Crippen MR) is 108 cm³/mol. The van der Waals surface area contributed by atoms with E-state index < -0.39 is 23.1 Å². The van der Waals surface area contributed by atoms with Gasteiger partial charge in [0.15, 0.2) is 0 Å². The van der Waals surface area contributed by atoms with Crippen LogP contribution in [0.1, 0.15) is 24.0 Å². The van der Waals surface area contributed by atoms with Gasteiger partial charge in [0.1, 0.15) is 12.4 Å². The molecule has 1 unspecified atom stereocenters. The number of fused-ring (bicyclic) bond motifs is 1. The van der Waals surface area contributed by atoms with Crippen LogP contribution >= 0.6 is 11.6 Å². The van der Waals surface area contributed by atoms with E-state index >= 15 is 0 Å². The first kappa shape index (κ1) is 19.7. The Morgan fingerprint density at radius 1 is 1.25 bits per heavy atom. The third-order valence-corrected chi connectivity index (χ3v) is 4.99. The minimum Gasteiger partial charge on any atom is -0.458 e. The number of esters is 1. The Hall–Kier alpha value is -3.06. The van der Waals surface area contributed by atoms with Crippen molar-refractivity contribution < 1.29 is 9.53 Å². The van der Waals surface area contributed by atoms with Gasteiger partial charge in [0, 0.05) is 24.8 Å². The van der Waals surface area contributed by atoms with Gasteiger partial charge in [0.05, 0.1) is 17.1 Å². The Morgan fingerprint density at radius 2 is 1.89 bits per heavy atom. The first-order valence-corrected chi connectivity index (χ1v) is 8.96. The second-order valence-electron chi connectivity index (χ2n) is 6.50. The molecular formula is C20H20ClN3O4. The highest BCUT2D eigenvalue weighted by Gasteiger charge is 2.37. The molecule has 2 heterocycles. The summed E-state index contributed by atoms with van der Waals surface area (Å²) in [4.78, 5) is 38.2. The van der Waals surface area contributed by atoms with Crippen molar-refractivity contribution in [2.24, 2.45) is 14.1 Å². The highest BCUT2D eigenvalue weighted by atomic mass is 35.5. The monoisotopic (exact) mass is 401 g/mol. The van der Waals surface area contributed by atoms with Crippen molar-refractivity contribution in [3.05, 3.63) is 85.2 Å². The zero-order valence-corrected chi connectivity index (χ0v) is 16.5. The van der Waals surface area contributed by atoms with Crippen molar-refractivity contribution in [1.29, 1.82) is 0 Å². The molecule has 0 amide bonds. The molecule has 0 bridgehead atoms. The molecule has 1 aromatic heterocycles. The van der Waals surface area contributed by atoms with Gasteiger partial charge in [0.2, 0.25) is 0 Å². The number of anilines is 1. The number of rotatable bonds is 4. The molecule has 7 nitrogen and oxygen atoms in total. The number of aromatic nitrogens is 2. The molecule has 0 radical (unpaired) electrons. The van der Waals surface area contributed by atoms with E-state index in [0.717, 1.165) is 4.57 Å². The summed E-state index contributed by atoms with van der Waals surface area (Å²) >= 11 is 6.01. The van der Waals surface area contributed by atoms with E-state index in [0.29, 0.717) is 33.2 Å². The molecule has 8 heteroatoms. The van der Waals surface area contributed by atoms with Crippen molar-refractivity contribution in [3.8, 4) is 0 Å². The number of hydrogen-bond acceptors (Lipinski definition) is 5. The number of carbonyl (C=O) groups is 1. The van der Waals surface area contributed by atoms with Gasteiger partial charge in [-0.15, -0.1) is 0 Å². The maximum Gasteiger partial charge on any atom is 0.337 e. The normalized spacial score (nSPS) is 15.6. The molecule has 0 fully saturated rings. The maximum absolute atomic E-state index is 13.0. The molecule has 1 aromatic carbocycles. The molecule has 0 saturated heterocycles. The number of benzene rings is 1. The summed E-state index contributed by atoms with van der Waals surface area (Å²) in [5.41, 5.74) is 0.844. The van der Waals surface area contributed by atoms with Crippen LogP contribution in [0.4, 0.5) is 5.82 Å². The van der Waals surface area contributed by atoms with Crippen LogP contribution in [0.2, 0.25) is 5.02 Å². The highest BCUT2D eigenvalue weighted by Crippen LogP contribution is 2.40. The van der Waals surface area contributed by atoms with E-state index in [4.69, 9.17) is 16.3 Å². The third kappa shape index (κ3) is 3.18. The summed E-state index contributed by atoms with van der Waals surface area (Å²) in [5, 5.41) is 3.56. The number of allylic oxidation sites excluding steroid dienone is 1. The van der Waals surface area contributed by atoms with Gasteiger partial charge < -0.3 is 10.1 Å². The van der Waals surface area contributed by atoms with Gasteiger partial charge in [0.25, 0.3) is 5.56 Å². The number of nitrogens with one attached hydrogen (secondary N) is 1. The summed E-state index contributed by atoms with van der Waals surface area (Å²) in [6, 6.07) is 6.88. The van der Waals surface area contributed by atoms with Crippen LogP contribution in [0.5, 0.6) is 0 Å². The standard InChI is InChI=1S/C20H20ClN3O4/c1-5-10-28-19(26)14-11(2)22-17-16(18(25)24(4)20(27)23(17)3)15(14)12-6-8-13(21)9-7-12/h5-9,15,22H,1,10H2,2-4H3. The Labute approximate surface area is 166 Å². The van der Waals surface area contributed by atoms with Gasteiger partial charge >= 0.3 is 11.7 Å². The van der Waals surface area contributed by atoms with Gasteiger partial charge in [-0.3, -0.25) is 13.9 Å². The number of ether oxygens (including phenoxy) is 1. The van der Waals surface area contributed by atoms with Crippen molar-refractivity contribution in [3.63, 3.8) is 0 Å². The topological polar surface area (TPSA) is 82.3 Å². The largest absolute Gasteiger partial charge is 0.458 e. The van der Waals surface area contributed by atoms with Gasteiger partial charge in [-0.1, -0.05) is 36.4 Å². The minimum absolute atomic E-state index is 0.0428. The molecule has 28 heavy (non-hydrogen) atoms. The lowest BCUT2D eigenvalue weighted by atomic mass is 9.82. The Balaban J connectivity index is 2.33. The molecule has 0 spiro atoms. The van der Waals surface area contributed by atoms with Crippen LogP contribution in [0.15, 0.2) is 57.8 Å². The molecule has 1 aliphatic heterocycles. The molecular weight excluding hydrogens is 382 g/mol. The van der Waals surface area contributed by atoms with Crippen LogP contribution < -0.4 is 16.6 Å². The summed E-state index contributed by atoms with van der Waals surface area (Å²) in [7, 11) is 2.98. The smallest absolute Gasteiger partial charge is 0.337 e. The molecule has 0 aliphatic carbocycles. The van der Waals surface area contributed by atoms with E-state index in [-0.39, 0.29) is 6.61 Å². The summed E-state index contributed by atoms with van der Waals surface area (Å²) < 4.78 is 7.64. The lowest BCUT2D eigenvalue weighted by Crippen LogP contribution is -2.43. The summed E-state index contributed by atoms with van der Waals surface area (Å²) in [6.45, 7) is 5.30. The Morgan fingerprint density at radius 3 is 2.50 bits per heavy atom. The van der Waals surface area contributed by atoms with Gasteiger partial charge in [-0.2, -0.15) is 0 Å². The SMILES string of the molecule is C=CCOC(=O)C1=C(C)Nc2c(c(=O)n(C)c(=O)n2C)C1c1ccc(Cl)cc1. The summed E-state index contributed by atoms with van der Waals surface area (Å²) in [6.07, 6.45) is 1.47. The van der Waals surface area contributed by atoms with Crippen LogP contribution in [-0.2, 0) is 23.6 Å². The van der Waals surface area contributed by atoms with Crippen molar-refractivity contribution >= 4 is 23.4 Å². The lowest BCUT2D eigenvalue weighted by molar-refractivity contribution is -0.138. The number of halogens is 1. The van der Waals surface area contributed by atoms with Crippen LogP contribution in [0.25, 0.3) is 0 Å². The van der Waals surface area contributed by atoms with E-state index in [9.17, 15) is 14.4 Å². The fraction of sp³-hybridized carbons (Fsp3) is 0.250. The van der Waals surface area contributed by atoms with Gasteiger partial charge in [-0.05, 0) is 24.6 Å². The third-order valence-electron chi connectivity index (χ3n) is 4.74. The maximum atomic E-state index is 13.0. The average Bonchev–Trinajstić information content (AvgIpc) is 2.68. The Kier molecular flexibility index (Phi) is 5.29. The fourth-order valence-corrected chi connectivity index (χ4v) is 3.49. The fourth-order valence-electron chi connectivity index (χ4n) is 3.36. The van der Waals surface area contributed by atoms with Crippen molar-refractivity contribution in [2.45, 2.75) is 12.8 Å². The zero-order valence-electron chi connectivity index (χ0n) is 15.8. The number of nitrogens with zero attached hydrogens (tertiary/aromatic N) is 2. The van der Waals surface area contributed by atoms with Crippen molar-refractivity contribution in [2.75, 3.05) is 11.9 Å². The van der Waals surface area contributed by atoms with E-state index in [1.807, 2.05) is 0 Å². The number of hydrogen-bond donors (Lipinski definition) is 1. The van der Waals surface area contributed by atoms with Crippen LogP contribution in [0, 0.1) is 0 Å². The van der Waals surface area contributed by atoms with Crippen LogP contribution in [-0.4, -0.2) is 21.7 Å². The van der Waals surface area contributed by atoms with Crippen molar-refractivity contribution in [1.82, 2.24) is 9.13 Å². The molecule has 146 valence electrons. The Bertz CT molecular complexity index is 1110. The molecule has 1 atom stereocenters. The lowest BCUT2D eigenvalue weighted by Gasteiger charge is -2.30. The molecule has 1 N–H and O–H groups in total. The van der Waals surface area contributed by atoms with E-state index in [2.05, 4.69) is 11.9 Å². The zero-order chi connectivity index (χ0) is 20.6. The minimum atomic E-state index is -0.712. The number of carbonyl (C=O) groups excluding carboxylic acids is 1. The first-order valence-electron chi connectivity index (χ1n) is 8.59. The van der Waals surface area contributed by atoms with Crippen LogP contribution in [0.3, 0.4) is 0 Å². The average molecular weight is 402 g/mol. The second kappa shape index (κ2) is 7.52. The first-order chi connectivity index (χ1) is 13.3. The molecule has 2 aromatic rings. The van der Waals surface area contributed by atoms with E-state index in [1.54, 1.807) is 38.2 Å². The predicted octanol–water partition coefficient (Wildman–Crippen LogP) is 2.30. The second-order valence-corrected chi connectivity index (χ2v) is 6.94. The quantitative estimate of drug-likeness (QED) is 0.628. The van der Waals surface area contributed by atoms with E-state index in [1.165, 1.54) is 17.7 Å². The van der Waals surface area contributed by atoms with Gasteiger partial charge in [-0.25, -0.2) is 9.59 Å². The molecule has 3 rings (SSSR count). The molecule has 1 aliphatic rings. The highest BCUT2D eigenvalue weighted by molar-refractivity contribution is 6.30. The summed E-state index contributed by atoms with van der Waals surface area (Å²) in [5.74, 6) is -0.923.